The summed E-state index contributed by atoms with van der Waals surface area (Å²) >= 11 is 0. The molecule has 0 saturated carbocycles. The van der Waals surface area contributed by atoms with E-state index in [4.69, 9.17) is 10.1 Å². The lowest BCUT2D eigenvalue weighted by Crippen LogP contribution is -2.49. The highest BCUT2D eigenvalue weighted by Gasteiger charge is 2.30. The zero-order valence-electron chi connectivity index (χ0n) is 23.3. The molecule has 2 aliphatic heterocycles. The Morgan fingerprint density at radius 2 is 1.82 bits per heavy atom. The van der Waals surface area contributed by atoms with Crippen molar-refractivity contribution in [1.82, 2.24) is 44.7 Å². The molecular formula is C30H37N9. The number of rotatable bonds is 5. The number of piperidine rings is 1. The molecule has 2 aliphatic rings. The molecule has 0 bridgehead atoms. The van der Waals surface area contributed by atoms with Crippen molar-refractivity contribution < 1.29 is 0 Å². The van der Waals surface area contributed by atoms with Crippen LogP contribution in [0.2, 0.25) is 0 Å². The van der Waals surface area contributed by atoms with Crippen LogP contribution in [-0.4, -0.2) is 76.4 Å². The van der Waals surface area contributed by atoms with Gasteiger partial charge in [-0.15, -0.1) is 0 Å². The first-order valence-electron chi connectivity index (χ1n) is 14.3. The van der Waals surface area contributed by atoms with Gasteiger partial charge in [0.25, 0.3) is 0 Å². The number of hydrogen-bond donors (Lipinski definition) is 2. The van der Waals surface area contributed by atoms with E-state index in [0.29, 0.717) is 18.0 Å². The summed E-state index contributed by atoms with van der Waals surface area (Å²) in [6, 6.07) is 9.93. The lowest BCUT2D eigenvalue weighted by Gasteiger charge is -2.41. The summed E-state index contributed by atoms with van der Waals surface area (Å²) in [5.41, 5.74) is 6.52. The van der Waals surface area contributed by atoms with Gasteiger partial charge < -0.3 is 9.88 Å². The number of aromatic nitrogens is 7. The second-order valence-corrected chi connectivity index (χ2v) is 11.7. The summed E-state index contributed by atoms with van der Waals surface area (Å²) in [4.78, 5) is 18.4. The molecule has 0 atom stereocenters. The van der Waals surface area contributed by atoms with Gasteiger partial charge >= 0.3 is 0 Å². The van der Waals surface area contributed by atoms with Crippen molar-refractivity contribution in [3.05, 3.63) is 48.0 Å². The summed E-state index contributed by atoms with van der Waals surface area (Å²) in [7, 11) is 0. The van der Waals surface area contributed by atoms with Crippen molar-refractivity contribution in [3.8, 4) is 22.6 Å². The van der Waals surface area contributed by atoms with Crippen LogP contribution in [0.1, 0.15) is 57.8 Å². The van der Waals surface area contributed by atoms with Crippen molar-refractivity contribution in [2.75, 3.05) is 19.6 Å². The fourth-order valence-corrected chi connectivity index (χ4v) is 6.59. The number of likely N-dealkylation sites (tertiary alicyclic amines) is 1. The van der Waals surface area contributed by atoms with Crippen molar-refractivity contribution in [2.45, 2.75) is 71.6 Å². The van der Waals surface area contributed by atoms with E-state index >= 15 is 0 Å². The van der Waals surface area contributed by atoms with Gasteiger partial charge in [-0.25, -0.2) is 14.6 Å². The quantitative estimate of drug-likeness (QED) is 0.330. The summed E-state index contributed by atoms with van der Waals surface area (Å²) in [6.07, 6.45) is 6.18. The predicted octanol–water partition coefficient (Wildman–Crippen LogP) is 5.18. The van der Waals surface area contributed by atoms with Crippen LogP contribution >= 0.6 is 0 Å². The minimum atomic E-state index is 0.331. The molecule has 202 valence electrons. The van der Waals surface area contributed by atoms with Gasteiger partial charge in [0, 0.05) is 52.2 Å². The second kappa shape index (κ2) is 9.57. The molecule has 0 unspecified atom stereocenters. The van der Waals surface area contributed by atoms with Gasteiger partial charge in [0.2, 0.25) is 0 Å². The highest BCUT2D eigenvalue weighted by Crippen LogP contribution is 2.39. The van der Waals surface area contributed by atoms with E-state index in [1.54, 1.807) is 0 Å². The molecule has 0 aliphatic carbocycles. The van der Waals surface area contributed by atoms with Crippen molar-refractivity contribution in [1.29, 1.82) is 0 Å². The maximum atomic E-state index is 5.06. The Morgan fingerprint density at radius 1 is 0.974 bits per heavy atom. The standard InChI is InChI=1S/C30H37N9/c1-18(2)27-23-15-20(5-6-25(23)33-28(27)22-7-10-31-30-24(22)16-32-35-30)29-34-26-17-38(13-14-39(26)36-29)21-8-11-37(12-9-21)19(3)4/h5-7,10,15-16,18-19,21,33H,8-9,11-14,17H2,1-4H3,(H,31,32,35). The summed E-state index contributed by atoms with van der Waals surface area (Å²) in [6.45, 7) is 14.3. The molecule has 9 heteroatoms. The Morgan fingerprint density at radius 3 is 2.62 bits per heavy atom. The van der Waals surface area contributed by atoms with Gasteiger partial charge in [-0.05, 0) is 75.5 Å². The van der Waals surface area contributed by atoms with Crippen LogP contribution in [0.15, 0.2) is 36.7 Å². The van der Waals surface area contributed by atoms with Gasteiger partial charge in [-0.2, -0.15) is 10.2 Å². The molecule has 1 saturated heterocycles. The van der Waals surface area contributed by atoms with Crippen LogP contribution in [0, 0.1) is 0 Å². The molecule has 1 fully saturated rings. The van der Waals surface area contributed by atoms with Crippen LogP contribution in [-0.2, 0) is 13.1 Å². The molecule has 5 aromatic rings. The predicted molar refractivity (Wildman–Crippen MR) is 154 cm³/mol. The lowest BCUT2D eigenvalue weighted by atomic mass is 9.95. The average molecular weight is 524 g/mol. The third kappa shape index (κ3) is 4.24. The van der Waals surface area contributed by atoms with E-state index in [1.165, 1.54) is 36.9 Å². The third-order valence-electron chi connectivity index (χ3n) is 8.74. The first-order chi connectivity index (χ1) is 19.0. The summed E-state index contributed by atoms with van der Waals surface area (Å²) < 4.78 is 2.12. The third-order valence-corrected chi connectivity index (χ3v) is 8.74. The number of hydrogen-bond acceptors (Lipinski definition) is 6. The fourth-order valence-electron chi connectivity index (χ4n) is 6.59. The number of H-pyrrole nitrogens is 2. The minimum absolute atomic E-state index is 0.331. The first-order valence-corrected chi connectivity index (χ1v) is 14.3. The van der Waals surface area contributed by atoms with E-state index in [2.05, 4.69) is 86.6 Å². The summed E-state index contributed by atoms with van der Waals surface area (Å²) in [5.74, 6) is 2.24. The second-order valence-electron chi connectivity index (χ2n) is 11.7. The number of nitrogens with one attached hydrogen (secondary N) is 2. The molecule has 1 aromatic carbocycles. The molecule has 0 radical (unpaired) electrons. The first kappa shape index (κ1) is 24.5. The smallest absolute Gasteiger partial charge is 0.181 e. The van der Waals surface area contributed by atoms with Gasteiger partial charge in [0.15, 0.2) is 11.5 Å². The minimum Gasteiger partial charge on any atom is -0.354 e. The number of fused-ring (bicyclic) bond motifs is 3. The summed E-state index contributed by atoms with van der Waals surface area (Å²) in [5, 5.41) is 14.4. The SMILES string of the molecule is CC(C)c1c(-c2ccnc3[nH]ncc23)[nH]c2ccc(-c3nc4n(n3)CCN(C3CCN(C(C)C)CC3)C4)cc12. The molecular weight excluding hydrogens is 486 g/mol. The van der Waals surface area contributed by atoms with Crippen LogP contribution in [0.25, 0.3) is 44.6 Å². The number of pyridine rings is 1. The van der Waals surface area contributed by atoms with Crippen molar-refractivity contribution in [3.63, 3.8) is 0 Å². The largest absolute Gasteiger partial charge is 0.354 e. The molecule has 39 heavy (non-hydrogen) atoms. The number of nitrogens with zero attached hydrogens (tertiary/aromatic N) is 7. The molecule has 0 spiro atoms. The molecule has 7 rings (SSSR count). The molecule has 0 amide bonds. The Balaban J connectivity index is 1.19. The number of aromatic amines is 2. The number of benzene rings is 1. The van der Waals surface area contributed by atoms with E-state index < -0.39 is 0 Å². The highest BCUT2D eigenvalue weighted by molar-refractivity contribution is 5.99. The van der Waals surface area contributed by atoms with E-state index in [1.807, 2.05) is 12.4 Å². The van der Waals surface area contributed by atoms with Gasteiger partial charge in [0.05, 0.1) is 25.0 Å². The fraction of sp³-hybridized carbons (Fsp3) is 0.467. The van der Waals surface area contributed by atoms with Crippen LogP contribution < -0.4 is 0 Å². The molecule has 9 nitrogen and oxygen atoms in total. The monoisotopic (exact) mass is 523 g/mol. The van der Waals surface area contributed by atoms with Crippen molar-refractivity contribution in [2.24, 2.45) is 0 Å². The zero-order chi connectivity index (χ0) is 26.7. The highest BCUT2D eigenvalue weighted by atomic mass is 15.4. The van der Waals surface area contributed by atoms with E-state index in [0.717, 1.165) is 64.7 Å². The van der Waals surface area contributed by atoms with Crippen LogP contribution in [0.5, 0.6) is 0 Å². The van der Waals surface area contributed by atoms with Crippen LogP contribution in [0.4, 0.5) is 0 Å². The topological polar surface area (TPSA) is 94.5 Å². The molecule has 4 aromatic heterocycles. The zero-order valence-corrected chi connectivity index (χ0v) is 23.3. The van der Waals surface area contributed by atoms with Gasteiger partial charge in [-0.1, -0.05) is 13.8 Å². The van der Waals surface area contributed by atoms with Crippen molar-refractivity contribution >= 4 is 21.9 Å². The maximum Gasteiger partial charge on any atom is 0.181 e. The molecule has 6 heterocycles. The Labute approximate surface area is 228 Å². The van der Waals surface area contributed by atoms with Gasteiger partial charge in [0.1, 0.15) is 5.82 Å². The van der Waals surface area contributed by atoms with Crippen LogP contribution in [0.3, 0.4) is 0 Å². The normalized spacial score (nSPS) is 17.7. The average Bonchev–Trinajstić information content (AvgIpc) is 3.68. The van der Waals surface area contributed by atoms with E-state index in [9.17, 15) is 0 Å². The Bertz CT molecular complexity index is 1630. The Kier molecular flexibility index (Phi) is 6.01. The lowest BCUT2D eigenvalue weighted by molar-refractivity contribution is 0.0718. The van der Waals surface area contributed by atoms with Gasteiger partial charge in [-0.3, -0.25) is 10.00 Å². The van der Waals surface area contributed by atoms with E-state index in [-0.39, 0.29) is 0 Å². The Hall–Kier alpha value is -3.56. The maximum absolute atomic E-state index is 5.06. The molecule has 2 N–H and O–H groups in total.